The van der Waals surface area contributed by atoms with E-state index in [1.807, 2.05) is 31.2 Å². The summed E-state index contributed by atoms with van der Waals surface area (Å²) >= 11 is 0. The third kappa shape index (κ3) is 4.11. The van der Waals surface area contributed by atoms with Gasteiger partial charge in [-0.2, -0.15) is 0 Å². The van der Waals surface area contributed by atoms with Crippen molar-refractivity contribution in [2.45, 2.75) is 13.3 Å². The fourth-order valence-electron chi connectivity index (χ4n) is 2.44. The predicted molar refractivity (Wildman–Crippen MR) is 76.7 cm³/mol. The Labute approximate surface area is 115 Å². The van der Waals surface area contributed by atoms with Gasteiger partial charge in [0.25, 0.3) is 0 Å². The Morgan fingerprint density at radius 3 is 2.63 bits per heavy atom. The highest BCUT2D eigenvalue weighted by atomic mass is 16.5. The van der Waals surface area contributed by atoms with Crippen molar-refractivity contribution in [1.82, 2.24) is 4.90 Å². The molecule has 0 aromatic heterocycles. The van der Waals surface area contributed by atoms with Crippen LogP contribution >= 0.6 is 0 Å². The number of nitrogens with two attached hydrogens (primary N) is 1. The van der Waals surface area contributed by atoms with Gasteiger partial charge in [0.05, 0.1) is 6.61 Å². The molecule has 4 heteroatoms. The first-order valence-electron chi connectivity index (χ1n) is 7.10. The van der Waals surface area contributed by atoms with Gasteiger partial charge in [0.15, 0.2) is 11.5 Å². The molecule has 2 N–H and O–H groups in total. The quantitative estimate of drug-likeness (QED) is 0.815. The SMILES string of the molecule is CCOc1ccccc1OCCN1CCC(CN)C1. The van der Waals surface area contributed by atoms with Crippen molar-refractivity contribution >= 4 is 0 Å². The third-order valence-corrected chi connectivity index (χ3v) is 3.52. The first-order chi connectivity index (χ1) is 9.33. The lowest BCUT2D eigenvalue weighted by atomic mass is 10.1. The Kier molecular flexibility index (Phi) is 5.48. The Morgan fingerprint density at radius 2 is 2.00 bits per heavy atom. The van der Waals surface area contributed by atoms with Crippen molar-refractivity contribution in [3.8, 4) is 11.5 Å². The van der Waals surface area contributed by atoms with E-state index in [1.54, 1.807) is 0 Å². The molecule has 0 bridgehead atoms. The average Bonchev–Trinajstić information content (AvgIpc) is 2.89. The fraction of sp³-hybridized carbons (Fsp3) is 0.600. The zero-order valence-corrected chi connectivity index (χ0v) is 11.7. The minimum absolute atomic E-state index is 0.657. The Hall–Kier alpha value is -1.26. The van der Waals surface area contributed by atoms with E-state index in [2.05, 4.69) is 4.90 Å². The fourth-order valence-corrected chi connectivity index (χ4v) is 2.44. The number of nitrogens with zero attached hydrogens (tertiary/aromatic N) is 1. The highest BCUT2D eigenvalue weighted by molar-refractivity contribution is 5.39. The van der Waals surface area contributed by atoms with E-state index in [1.165, 1.54) is 6.42 Å². The molecule has 0 aliphatic carbocycles. The smallest absolute Gasteiger partial charge is 0.161 e. The highest BCUT2D eigenvalue weighted by Gasteiger charge is 2.20. The topological polar surface area (TPSA) is 47.7 Å². The van der Waals surface area contributed by atoms with Crippen molar-refractivity contribution in [2.75, 3.05) is 39.4 Å². The van der Waals surface area contributed by atoms with Gasteiger partial charge in [0, 0.05) is 13.1 Å². The van der Waals surface area contributed by atoms with Crippen LogP contribution in [-0.4, -0.2) is 44.3 Å². The molecule has 0 radical (unpaired) electrons. The molecule has 1 aliphatic heterocycles. The van der Waals surface area contributed by atoms with Crippen LogP contribution in [0.5, 0.6) is 11.5 Å². The summed E-state index contributed by atoms with van der Waals surface area (Å²) in [6.07, 6.45) is 1.21. The molecule has 1 aromatic rings. The first-order valence-corrected chi connectivity index (χ1v) is 7.10. The average molecular weight is 264 g/mol. The molecule has 2 rings (SSSR count). The molecule has 0 amide bonds. The Morgan fingerprint density at radius 1 is 1.26 bits per heavy atom. The van der Waals surface area contributed by atoms with Crippen LogP contribution in [0.3, 0.4) is 0 Å². The molecule has 1 aliphatic rings. The van der Waals surface area contributed by atoms with Crippen LogP contribution in [0.1, 0.15) is 13.3 Å². The summed E-state index contributed by atoms with van der Waals surface area (Å²) in [5.41, 5.74) is 5.69. The molecule has 1 fully saturated rings. The molecule has 4 nitrogen and oxygen atoms in total. The van der Waals surface area contributed by atoms with Crippen molar-refractivity contribution in [1.29, 1.82) is 0 Å². The van der Waals surface area contributed by atoms with Crippen LogP contribution in [0.4, 0.5) is 0 Å². The van der Waals surface area contributed by atoms with Gasteiger partial charge in [-0.15, -0.1) is 0 Å². The minimum atomic E-state index is 0.657. The van der Waals surface area contributed by atoms with Crippen LogP contribution in [0, 0.1) is 5.92 Å². The molecule has 0 saturated carbocycles. The Balaban J connectivity index is 1.76. The second-order valence-electron chi connectivity index (χ2n) is 4.92. The van der Waals surface area contributed by atoms with E-state index in [-0.39, 0.29) is 0 Å². The summed E-state index contributed by atoms with van der Waals surface area (Å²) in [5, 5.41) is 0. The highest BCUT2D eigenvalue weighted by Crippen LogP contribution is 2.26. The Bertz CT molecular complexity index is 384. The maximum absolute atomic E-state index is 5.82. The zero-order chi connectivity index (χ0) is 13.5. The molecule has 0 spiro atoms. The molecule has 1 atom stereocenters. The van der Waals surface area contributed by atoms with Crippen LogP contribution in [-0.2, 0) is 0 Å². The van der Waals surface area contributed by atoms with Gasteiger partial charge in [-0.1, -0.05) is 12.1 Å². The second kappa shape index (κ2) is 7.36. The summed E-state index contributed by atoms with van der Waals surface area (Å²) in [6, 6.07) is 7.83. The molecule has 106 valence electrons. The number of para-hydroxylation sites is 2. The number of hydrogen-bond acceptors (Lipinski definition) is 4. The van der Waals surface area contributed by atoms with E-state index in [4.69, 9.17) is 15.2 Å². The van der Waals surface area contributed by atoms with Crippen LogP contribution < -0.4 is 15.2 Å². The standard InChI is InChI=1S/C15H24N2O2/c1-2-18-14-5-3-4-6-15(14)19-10-9-17-8-7-13(11-16)12-17/h3-6,13H,2,7-12,16H2,1H3. The van der Waals surface area contributed by atoms with Gasteiger partial charge in [-0.25, -0.2) is 0 Å². The lowest BCUT2D eigenvalue weighted by Gasteiger charge is -2.17. The maximum atomic E-state index is 5.82. The van der Waals surface area contributed by atoms with Gasteiger partial charge >= 0.3 is 0 Å². The molecule has 19 heavy (non-hydrogen) atoms. The van der Waals surface area contributed by atoms with Gasteiger partial charge in [-0.05, 0) is 44.5 Å². The molecular formula is C15H24N2O2. The van der Waals surface area contributed by atoms with Crippen molar-refractivity contribution in [3.05, 3.63) is 24.3 Å². The summed E-state index contributed by atoms with van der Waals surface area (Å²) in [6.45, 7) is 7.33. The summed E-state index contributed by atoms with van der Waals surface area (Å²) < 4.78 is 11.4. The lowest BCUT2D eigenvalue weighted by molar-refractivity contribution is 0.222. The van der Waals surface area contributed by atoms with Crippen LogP contribution in [0.15, 0.2) is 24.3 Å². The monoisotopic (exact) mass is 264 g/mol. The molecular weight excluding hydrogens is 240 g/mol. The summed E-state index contributed by atoms with van der Waals surface area (Å²) in [7, 11) is 0. The van der Waals surface area contributed by atoms with E-state index in [0.717, 1.165) is 37.7 Å². The van der Waals surface area contributed by atoms with E-state index < -0.39 is 0 Å². The second-order valence-corrected chi connectivity index (χ2v) is 4.92. The molecule has 1 heterocycles. The van der Waals surface area contributed by atoms with E-state index in [9.17, 15) is 0 Å². The van der Waals surface area contributed by atoms with Crippen molar-refractivity contribution in [2.24, 2.45) is 11.7 Å². The number of likely N-dealkylation sites (tertiary alicyclic amines) is 1. The molecule has 1 saturated heterocycles. The number of rotatable bonds is 7. The molecule has 1 aromatic carbocycles. The number of ether oxygens (including phenoxy) is 2. The first kappa shape index (κ1) is 14.2. The van der Waals surface area contributed by atoms with Gasteiger partial charge in [-0.3, -0.25) is 4.90 Å². The molecule has 1 unspecified atom stereocenters. The van der Waals surface area contributed by atoms with E-state index >= 15 is 0 Å². The largest absolute Gasteiger partial charge is 0.490 e. The third-order valence-electron chi connectivity index (χ3n) is 3.52. The zero-order valence-electron chi connectivity index (χ0n) is 11.7. The van der Waals surface area contributed by atoms with Crippen molar-refractivity contribution < 1.29 is 9.47 Å². The predicted octanol–water partition coefficient (Wildman–Crippen LogP) is 1.74. The lowest BCUT2D eigenvalue weighted by Crippen LogP contribution is -2.27. The number of benzene rings is 1. The van der Waals surface area contributed by atoms with Crippen LogP contribution in [0.25, 0.3) is 0 Å². The van der Waals surface area contributed by atoms with Crippen molar-refractivity contribution in [3.63, 3.8) is 0 Å². The van der Waals surface area contributed by atoms with Gasteiger partial charge < -0.3 is 15.2 Å². The maximum Gasteiger partial charge on any atom is 0.161 e. The number of hydrogen-bond donors (Lipinski definition) is 1. The van der Waals surface area contributed by atoms with E-state index in [0.29, 0.717) is 19.1 Å². The van der Waals surface area contributed by atoms with Crippen LogP contribution in [0.2, 0.25) is 0 Å². The summed E-state index contributed by atoms with van der Waals surface area (Å²) in [5.74, 6) is 2.32. The summed E-state index contributed by atoms with van der Waals surface area (Å²) in [4.78, 5) is 2.42. The van der Waals surface area contributed by atoms with Gasteiger partial charge in [0.2, 0.25) is 0 Å². The normalized spacial score (nSPS) is 19.6. The van der Waals surface area contributed by atoms with Gasteiger partial charge in [0.1, 0.15) is 6.61 Å². The minimum Gasteiger partial charge on any atom is -0.490 e.